The summed E-state index contributed by atoms with van der Waals surface area (Å²) in [5.41, 5.74) is 0.319. The first-order valence-corrected chi connectivity index (χ1v) is 10.3. The van der Waals surface area contributed by atoms with E-state index in [4.69, 9.17) is 27.6 Å². The summed E-state index contributed by atoms with van der Waals surface area (Å²) in [5, 5.41) is 24.5. The zero-order valence-electron chi connectivity index (χ0n) is 16.0. The molecule has 31 heavy (non-hydrogen) atoms. The zero-order chi connectivity index (χ0) is 21.0. The molecule has 4 rings (SSSR count). The topological polar surface area (TPSA) is 93.4 Å². The number of aromatic carboxylic acids is 1. The van der Waals surface area contributed by atoms with Crippen LogP contribution >= 0.6 is 55.1 Å². The number of carbonyl (C=O) groups excluding carboxylic acids is 1. The molecule has 5 nitrogen and oxygen atoms in total. The van der Waals surface area contributed by atoms with Crippen molar-refractivity contribution >= 4 is 72.0 Å². The summed E-state index contributed by atoms with van der Waals surface area (Å²) >= 11 is 19.0. The van der Waals surface area contributed by atoms with Gasteiger partial charge < -0.3 is 19.4 Å². The number of fused-ring (bicyclic) bond motifs is 2. The molecule has 0 bridgehead atoms. The van der Waals surface area contributed by atoms with Crippen molar-refractivity contribution in [1.82, 2.24) is 0 Å². The van der Waals surface area contributed by atoms with Crippen molar-refractivity contribution in [3.05, 3.63) is 71.2 Å². The third-order valence-electron chi connectivity index (χ3n) is 4.42. The van der Waals surface area contributed by atoms with E-state index in [-0.39, 0.29) is 112 Å². The molecule has 1 aliphatic carbocycles. The second kappa shape index (κ2) is 10.5. The number of carbonyl (C=O) groups is 1. The van der Waals surface area contributed by atoms with Crippen LogP contribution in [0.4, 0.5) is 0 Å². The molecule has 0 fully saturated rings. The normalized spacial score (nSPS) is 10.6. The fourth-order valence-electron chi connectivity index (χ4n) is 3.18. The van der Waals surface area contributed by atoms with Crippen molar-refractivity contribution in [2.45, 2.75) is 0 Å². The van der Waals surface area contributed by atoms with E-state index in [9.17, 15) is 19.8 Å². The first-order chi connectivity index (χ1) is 13.7. The maximum Gasteiger partial charge on any atom is 1.00 e. The van der Waals surface area contributed by atoms with Crippen LogP contribution in [0.1, 0.15) is 10.4 Å². The van der Waals surface area contributed by atoms with Crippen LogP contribution in [-0.2, 0) is 0 Å². The van der Waals surface area contributed by atoms with E-state index in [2.05, 4.69) is 31.9 Å². The first kappa shape index (κ1) is 27.2. The number of benzene rings is 3. The second-order valence-electron chi connectivity index (χ2n) is 6.05. The molecule has 0 N–H and O–H groups in total. The molecule has 0 amide bonds. The molecular formula is C20H6Br2Cl2Na2O5. The monoisotopic (exact) mass is 600 g/mol. The van der Waals surface area contributed by atoms with E-state index in [1.165, 1.54) is 36.4 Å². The number of rotatable bonds is 2. The SMILES string of the molecule is O=C([O-])c1c(Cl)ccc(Cl)c1-c1c2ccc(=O)c(Br)c-2oc2c(Br)c([O-])ccc12.[Na+].[Na+]. The Hall–Kier alpha value is -0.0600. The van der Waals surface area contributed by atoms with Crippen LogP contribution in [0.5, 0.6) is 5.75 Å². The van der Waals surface area contributed by atoms with Crippen LogP contribution in [-0.4, -0.2) is 5.97 Å². The van der Waals surface area contributed by atoms with Crippen molar-refractivity contribution < 1.29 is 78.5 Å². The van der Waals surface area contributed by atoms with E-state index in [1.807, 2.05) is 0 Å². The van der Waals surface area contributed by atoms with Gasteiger partial charge in [-0.15, -0.1) is 0 Å². The molecule has 0 spiro atoms. The molecule has 2 aromatic carbocycles. The van der Waals surface area contributed by atoms with Gasteiger partial charge in [0.1, 0.15) is 10.1 Å². The number of carboxylic acids is 1. The molecule has 0 saturated carbocycles. The van der Waals surface area contributed by atoms with E-state index in [0.717, 1.165) is 0 Å². The standard InChI is InChI=1S/C20H8Br2Cl2O5.2Na/c21-16-11(25)5-1-7-13(14-9(23)3-4-10(24)15(14)20(27)28)8-2-6-12(26)17(22)19(8)29-18(7)16;;/h1-6,25H,(H,27,28);;/q;2*+1/p-2. The molecule has 1 aliphatic heterocycles. The Morgan fingerprint density at radius 1 is 0.903 bits per heavy atom. The summed E-state index contributed by atoms with van der Waals surface area (Å²) in [6.07, 6.45) is 0. The van der Waals surface area contributed by atoms with Crippen LogP contribution in [0.2, 0.25) is 10.0 Å². The minimum atomic E-state index is -1.52. The minimum absolute atomic E-state index is 0. The molecule has 0 saturated heterocycles. The quantitative estimate of drug-likeness (QED) is 0.213. The van der Waals surface area contributed by atoms with Crippen molar-refractivity contribution in [1.29, 1.82) is 0 Å². The Balaban J connectivity index is 0.00000171. The molecular weight excluding hydrogens is 597 g/mol. The Labute approximate surface area is 246 Å². The van der Waals surface area contributed by atoms with E-state index in [0.29, 0.717) is 16.5 Å². The van der Waals surface area contributed by atoms with E-state index < -0.39 is 5.97 Å². The molecule has 2 aromatic rings. The Morgan fingerprint density at radius 3 is 2.19 bits per heavy atom. The fraction of sp³-hybridized carbons (Fsp3) is 0. The van der Waals surface area contributed by atoms with Crippen LogP contribution in [0, 0.1) is 0 Å². The number of carboxylic acid groups (broad SMARTS) is 1. The summed E-state index contributed by atoms with van der Waals surface area (Å²) in [7, 11) is 0. The van der Waals surface area contributed by atoms with Gasteiger partial charge in [-0.1, -0.05) is 41.1 Å². The Bertz CT molecular complexity index is 1370. The predicted molar refractivity (Wildman–Crippen MR) is 114 cm³/mol. The van der Waals surface area contributed by atoms with Crippen LogP contribution < -0.4 is 74.8 Å². The third kappa shape index (κ3) is 4.64. The molecule has 0 unspecified atom stereocenters. The smallest absolute Gasteiger partial charge is 0.872 e. The van der Waals surface area contributed by atoms with Gasteiger partial charge in [-0.25, -0.2) is 0 Å². The third-order valence-corrected chi connectivity index (χ3v) is 6.56. The largest absolute Gasteiger partial charge is 1.00 e. The summed E-state index contributed by atoms with van der Waals surface area (Å²) in [4.78, 5) is 24.0. The van der Waals surface area contributed by atoms with Gasteiger partial charge in [0.15, 0.2) is 11.2 Å². The maximum atomic E-state index is 12.1. The van der Waals surface area contributed by atoms with Gasteiger partial charge in [0.25, 0.3) is 0 Å². The molecule has 146 valence electrons. The Kier molecular flexibility index (Phi) is 9.18. The van der Waals surface area contributed by atoms with Crippen LogP contribution in [0.15, 0.2) is 54.6 Å². The van der Waals surface area contributed by atoms with Crippen molar-refractivity contribution in [3.8, 4) is 28.2 Å². The van der Waals surface area contributed by atoms with Gasteiger partial charge >= 0.3 is 59.1 Å². The molecule has 2 aliphatic rings. The number of hydrogen-bond donors (Lipinski definition) is 0. The molecule has 11 heteroatoms. The fourth-order valence-corrected chi connectivity index (χ4v) is 4.52. The minimum Gasteiger partial charge on any atom is -0.872 e. The molecule has 0 aromatic heterocycles. The Morgan fingerprint density at radius 2 is 1.55 bits per heavy atom. The molecule has 0 radical (unpaired) electrons. The summed E-state index contributed by atoms with van der Waals surface area (Å²) < 4.78 is 6.11. The number of halogens is 4. The van der Waals surface area contributed by atoms with E-state index >= 15 is 0 Å². The molecule has 0 atom stereocenters. The number of hydrogen-bond acceptors (Lipinski definition) is 5. The van der Waals surface area contributed by atoms with Gasteiger partial charge in [-0.05, 0) is 56.1 Å². The van der Waals surface area contributed by atoms with Crippen molar-refractivity contribution in [2.24, 2.45) is 0 Å². The van der Waals surface area contributed by atoms with Crippen LogP contribution in [0.3, 0.4) is 0 Å². The van der Waals surface area contributed by atoms with Crippen LogP contribution in [0.25, 0.3) is 33.4 Å². The zero-order valence-corrected chi connectivity index (χ0v) is 24.7. The summed E-state index contributed by atoms with van der Waals surface area (Å²) in [6.45, 7) is 0. The predicted octanol–water partition coefficient (Wildman–Crippen LogP) is -1.16. The second-order valence-corrected chi connectivity index (χ2v) is 8.45. The van der Waals surface area contributed by atoms with Gasteiger partial charge in [-0.3, -0.25) is 4.79 Å². The maximum absolute atomic E-state index is 12.1. The van der Waals surface area contributed by atoms with Gasteiger partial charge in [0, 0.05) is 32.7 Å². The average molecular weight is 603 g/mol. The van der Waals surface area contributed by atoms with Gasteiger partial charge in [0.05, 0.1) is 15.5 Å². The van der Waals surface area contributed by atoms with Gasteiger partial charge in [0.2, 0.25) is 0 Å². The molecule has 1 heterocycles. The van der Waals surface area contributed by atoms with E-state index in [1.54, 1.807) is 0 Å². The average Bonchev–Trinajstić information content (AvgIpc) is 2.68. The summed E-state index contributed by atoms with van der Waals surface area (Å²) in [6, 6.07) is 8.43. The first-order valence-electron chi connectivity index (χ1n) is 7.96. The van der Waals surface area contributed by atoms with Gasteiger partial charge in [-0.2, -0.15) is 0 Å². The summed E-state index contributed by atoms with van der Waals surface area (Å²) in [5.74, 6) is -1.74. The van der Waals surface area contributed by atoms with Crippen molar-refractivity contribution in [3.63, 3.8) is 0 Å². The van der Waals surface area contributed by atoms with Crippen molar-refractivity contribution in [2.75, 3.05) is 0 Å².